The van der Waals surface area contributed by atoms with E-state index in [0.29, 0.717) is 22.2 Å². The lowest BCUT2D eigenvalue weighted by molar-refractivity contribution is 0.608. The van der Waals surface area contributed by atoms with Crippen LogP contribution in [0.1, 0.15) is 29.7 Å². The zero-order chi connectivity index (χ0) is 23.4. The van der Waals surface area contributed by atoms with Crippen LogP contribution in [0.5, 0.6) is 0 Å². The first-order valence-electron chi connectivity index (χ1n) is 11.3. The van der Waals surface area contributed by atoms with E-state index in [9.17, 15) is 4.79 Å². The Labute approximate surface area is 196 Å². The molecule has 0 aliphatic heterocycles. The molecule has 1 atom stereocenters. The van der Waals surface area contributed by atoms with Crippen molar-refractivity contribution in [2.75, 3.05) is 0 Å². The molecule has 0 bridgehead atoms. The normalized spacial score (nSPS) is 12.6. The summed E-state index contributed by atoms with van der Waals surface area (Å²) in [5.41, 5.74) is 7.39. The third-order valence-corrected chi connectivity index (χ3v) is 6.35. The fourth-order valence-corrected chi connectivity index (χ4v) is 4.74. The smallest absolute Gasteiger partial charge is 0.265 e. The minimum atomic E-state index is -0.168. The molecular formula is C28H23N5O. The molecule has 0 saturated heterocycles. The lowest BCUT2D eigenvalue weighted by Gasteiger charge is -2.15. The highest BCUT2D eigenvalue weighted by Crippen LogP contribution is 2.29. The van der Waals surface area contributed by atoms with Crippen molar-refractivity contribution < 1.29 is 0 Å². The minimum Gasteiger partial charge on any atom is -0.291 e. The molecule has 34 heavy (non-hydrogen) atoms. The van der Waals surface area contributed by atoms with E-state index in [1.807, 2.05) is 66.1 Å². The molecule has 0 amide bonds. The summed E-state index contributed by atoms with van der Waals surface area (Å²) in [6.45, 7) is 6.13. The van der Waals surface area contributed by atoms with E-state index in [0.717, 1.165) is 33.4 Å². The van der Waals surface area contributed by atoms with Crippen molar-refractivity contribution in [3.8, 4) is 5.69 Å². The van der Waals surface area contributed by atoms with E-state index in [1.54, 1.807) is 10.9 Å². The average molecular weight is 446 g/mol. The molecule has 1 unspecified atom stereocenters. The highest BCUT2D eigenvalue weighted by molar-refractivity contribution is 6.05. The van der Waals surface area contributed by atoms with Crippen LogP contribution in [0.4, 0.5) is 0 Å². The van der Waals surface area contributed by atoms with E-state index in [4.69, 9.17) is 15.0 Å². The van der Waals surface area contributed by atoms with Crippen molar-refractivity contribution in [2.45, 2.75) is 26.8 Å². The number of hydrogen-bond donors (Lipinski definition) is 0. The zero-order valence-corrected chi connectivity index (χ0v) is 19.2. The van der Waals surface area contributed by atoms with Crippen LogP contribution in [0, 0.1) is 13.8 Å². The van der Waals surface area contributed by atoms with Crippen molar-refractivity contribution in [1.82, 2.24) is 24.1 Å². The molecule has 6 aromatic rings. The van der Waals surface area contributed by atoms with Gasteiger partial charge in [-0.15, -0.1) is 0 Å². The minimum absolute atomic E-state index is 0.126. The molecule has 6 heteroatoms. The van der Waals surface area contributed by atoms with E-state index >= 15 is 0 Å². The molecule has 3 aromatic heterocycles. The van der Waals surface area contributed by atoms with Gasteiger partial charge in [-0.2, -0.15) is 0 Å². The Hall–Kier alpha value is -4.32. The van der Waals surface area contributed by atoms with Crippen molar-refractivity contribution in [1.29, 1.82) is 0 Å². The first-order chi connectivity index (χ1) is 16.5. The van der Waals surface area contributed by atoms with Gasteiger partial charge in [0.1, 0.15) is 17.2 Å². The lowest BCUT2D eigenvalue weighted by atomic mass is 10.1. The molecule has 0 fully saturated rings. The van der Waals surface area contributed by atoms with Crippen LogP contribution in [-0.2, 0) is 0 Å². The maximum absolute atomic E-state index is 13.9. The third-order valence-electron chi connectivity index (χ3n) is 6.35. The Morgan fingerprint density at radius 3 is 2.15 bits per heavy atom. The molecule has 0 radical (unpaired) electrons. The molecule has 166 valence electrons. The van der Waals surface area contributed by atoms with Crippen molar-refractivity contribution in [3.05, 3.63) is 106 Å². The van der Waals surface area contributed by atoms with Gasteiger partial charge in [-0.25, -0.2) is 15.0 Å². The van der Waals surface area contributed by atoms with E-state index in [-0.39, 0.29) is 11.6 Å². The first kappa shape index (κ1) is 20.3. The van der Waals surface area contributed by atoms with Crippen LogP contribution < -0.4 is 5.56 Å². The molecule has 0 N–H and O–H groups in total. The van der Waals surface area contributed by atoms with E-state index < -0.39 is 0 Å². The number of aryl methyl sites for hydroxylation is 2. The van der Waals surface area contributed by atoms with E-state index in [1.165, 1.54) is 0 Å². The summed E-state index contributed by atoms with van der Waals surface area (Å²) in [4.78, 5) is 28.5. The van der Waals surface area contributed by atoms with Gasteiger partial charge in [-0.1, -0.05) is 48.5 Å². The Morgan fingerprint density at radius 1 is 0.794 bits per heavy atom. The van der Waals surface area contributed by atoms with Crippen LogP contribution in [0.2, 0.25) is 0 Å². The molecule has 6 rings (SSSR count). The molecule has 0 spiro atoms. The van der Waals surface area contributed by atoms with Crippen LogP contribution >= 0.6 is 0 Å². The maximum Gasteiger partial charge on any atom is 0.265 e. The van der Waals surface area contributed by atoms with Gasteiger partial charge in [0, 0.05) is 5.69 Å². The highest BCUT2D eigenvalue weighted by Gasteiger charge is 2.22. The summed E-state index contributed by atoms with van der Waals surface area (Å²) in [6.07, 6.45) is 1.64. The fourth-order valence-electron chi connectivity index (χ4n) is 4.74. The molecule has 6 nitrogen and oxygen atoms in total. The number of benzene rings is 3. The molecule has 0 aliphatic carbocycles. The standard InChI is InChI=1S/C28H23N5O/c1-17-13-18(2)15-21(14-17)33-26-24(25-27(33)31-23-12-8-7-11-22(23)30-25)28(34)32(16-29-26)19(3)20-9-5-4-6-10-20/h4-16,19H,1-3H3. The van der Waals surface area contributed by atoms with Crippen LogP contribution in [0.15, 0.2) is 83.9 Å². The van der Waals surface area contributed by atoms with Crippen LogP contribution in [-0.4, -0.2) is 24.1 Å². The van der Waals surface area contributed by atoms with Crippen LogP contribution in [0.3, 0.4) is 0 Å². The molecule has 3 heterocycles. The number of nitrogens with zero attached hydrogens (tertiary/aromatic N) is 5. The second-order valence-electron chi connectivity index (χ2n) is 8.81. The highest BCUT2D eigenvalue weighted by atomic mass is 16.1. The van der Waals surface area contributed by atoms with E-state index in [2.05, 4.69) is 32.0 Å². The van der Waals surface area contributed by atoms with Gasteiger partial charge in [0.2, 0.25) is 0 Å². The average Bonchev–Trinajstić information content (AvgIpc) is 3.16. The summed E-state index contributed by atoms with van der Waals surface area (Å²) < 4.78 is 3.64. The zero-order valence-electron chi connectivity index (χ0n) is 19.2. The number of para-hydroxylation sites is 2. The first-order valence-corrected chi connectivity index (χ1v) is 11.3. The van der Waals surface area contributed by atoms with Crippen molar-refractivity contribution >= 4 is 33.2 Å². The number of rotatable bonds is 3. The van der Waals surface area contributed by atoms with Crippen molar-refractivity contribution in [3.63, 3.8) is 0 Å². The van der Waals surface area contributed by atoms with Gasteiger partial charge >= 0.3 is 0 Å². The largest absolute Gasteiger partial charge is 0.291 e. The maximum atomic E-state index is 13.9. The SMILES string of the molecule is Cc1cc(C)cc(-n2c3nc4ccccc4nc3c3c(=O)n(C(C)c4ccccc4)cnc32)c1. The topological polar surface area (TPSA) is 65.6 Å². The number of hydrogen-bond acceptors (Lipinski definition) is 4. The number of aromatic nitrogens is 5. The van der Waals surface area contributed by atoms with Gasteiger partial charge in [0.25, 0.3) is 5.56 Å². The Morgan fingerprint density at radius 2 is 1.44 bits per heavy atom. The molecule has 0 aliphatic rings. The monoisotopic (exact) mass is 445 g/mol. The Kier molecular flexibility index (Phi) is 4.55. The summed E-state index contributed by atoms with van der Waals surface area (Å²) in [5, 5.41) is 0.484. The van der Waals surface area contributed by atoms with Gasteiger partial charge < -0.3 is 0 Å². The summed E-state index contributed by atoms with van der Waals surface area (Å²) in [6, 6.07) is 23.8. The quantitative estimate of drug-likeness (QED) is 0.360. The van der Waals surface area contributed by atoms with Crippen LogP contribution in [0.25, 0.3) is 38.9 Å². The Bertz CT molecular complexity index is 1750. The fraction of sp³-hybridized carbons (Fsp3) is 0.143. The van der Waals surface area contributed by atoms with Gasteiger partial charge in [0.15, 0.2) is 11.3 Å². The lowest BCUT2D eigenvalue weighted by Crippen LogP contribution is -2.24. The van der Waals surface area contributed by atoms with Gasteiger partial charge in [-0.3, -0.25) is 13.9 Å². The van der Waals surface area contributed by atoms with Gasteiger partial charge in [0.05, 0.1) is 17.1 Å². The predicted octanol–water partition coefficient (Wildman–Crippen LogP) is 5.51. The van der Waals surface area contributed by atoms with Gasteiger partial charge in [-0.05, 0) is 61.7 Å². The second-order valence-corrected chi connectivity index (χ2v) is 8.81. The summed E-state index contributed by atoms with van der Waals surface area (Å²) in [5.74, 6) is 0. The molecule has 0 saturated carbocycles. The Balaban J connectivity index is 1.74. The molecule has 3 aromatic carbocycles. The van der Waals surface area contributed by atoms with Crippen molar-refractivity contribution in [2.24, 2.45) is 0 Å². The third kappa shape index (κ3) is 3.10. The summed E-state index contributed by atoms with van der Waals surface area (Å²) >= 11 is 0. The summed E-state index contributed by atoms with van der Waals surface area (Å²) in [7, 11) is 0. The number of fused-ring (bicyclic) bond motifs is 4. The second kappa shape index (κ2) is 7.63. The molecular weight excluding hydrogens is 422 g/mol. The predicted molar refractivity (Wildman–Crippen MR) is 136 cm³/mol.